The normalized spacial score (nSPS) is 18.7. The van der Waals surface area contributed by atoms with Crippen molar-refractivity contribution in [1.29, 1.82) is 0 Å². The van der Waals surface area contributed by atoms with Crippen LogP contribution in [0.1, 0.15) is 26.2 Å². The van der Waals surface area contributed by atoms with Gasteiger partial charge < -0.3 is 4.74 Å². The highest BCUT2D eigenvalue weighted by atomic mass is 79.9. The lowest BCUT2D eigenvalue weighted by Gasteiger charge is -2.37. The molecule has 2 rings (SSSR count). The maximum Gasteiger partial charge on any atom is 0.152 e. The molecule has 0 radical (unpaired) electrons. The van der Waals surface area contributed by atoms with Gasteiger partial charge in [0.1, 0.15) is 4.60 Å². The third kappa shape index (κ3) is 2.08. The number of nitrogens with zero attached hydrogens (tertiary/aromatic N) is 1. The van der Waals surface area contributed by atoms with Gasteiger partial charge in [0.15, 0.2) is 5.75 Å². The largest absolute Gasteiger partial charge is 0.490 e. The third-order valence-electron chi connectivity index (χ3n) is 2.86. The van der Waals surface area contributed by atoms with Gasteiger partial charge in [-0.05, 0) is 40.9 Å². The number of pyridine rings is 1. The zero-order valence-corrected chi connectivity index (χ0v) is 9.88. The van der Waals surface area contributed by atoms with E-state index in [0.717, 1.165) is 17.0 Å². The van der Waals surface area contributed by atoms with E-state index >= 15 is 0 Å². The first-order valence-corrected chi connectivity index (χ1v) is 5.72. The Morgan fingerprint density at radius 2 is 2.36 bits per heavy atom. The molecule has 0 N–H and O–H groups in total. The lowest BCUT2D eigenvalue weighted by molar-refractivity contribution is 0.0769. The zero-order valence-electron chi connectivity index (χ0n) is 8.29. The molecule has 1 aromatic heterocycles. The highest BCUT2D eigenvalue weighted by Gasteiger charge is 2.32. The molecule has 3 heteroatoms. The molecule has 1 aliphatic rings. The summed E-state index contributed by atoms with van der Waals surface area (Å²) < 4.78 is 6.53. The van der Waals surface area contributed by atoms with Crippen LogP contribution in [0.4, 0.5) is 0 Å². The van der Waals surface area contributed by atoms with Crippen molar-refractivity contribution in [2.45, 2.75) is 26.2 Å². The van der Waals surface area contributed by atoms with Gasteiger partial charge in [-0.15, -0.1) is 0 Å². The Labute approximate surface area is 92.8 Å². The number of hydrogen-bond donors (Lipinski definition) is 0. The van der Waals surface area contributed by atoms with Gasteiger partial charge in [-0.25, -0.2) is 4.98 Å². The molecule has 1 heterocycles. The predicted molar refractivity (Wildman–Crippen MR) is 59.4 cm³/mol. The monoisotopic (exact) mass is 255 g/mol. The highest BCUT2D eigenvalue weighted by molar-refractivity contribution is 9.10. The molecular weight excluding hydrogens is 242 g/mol. The summed E-state index contributed by atoms with van der Waals surface area (Å²) in [4.78, 5) is 4.12. The maximum atomic E-state index is 5.73. The summed E-state index contributed by atoms with van der Waals surface area (Å²) in [6.07, 6.45) is 5.66. The van der Waals surface area contributed by atoms with Crippen molar-refractivity contribution in [3.8, 4) is 5.75 Å². The van der Waals surface area contributed by atoms with E-state index in [1.807, 2.05) is 12.1 Å². The molecule has 76 valence electrons. The molecule has 1 saturated carbocycles. The molecule has 14 heavy (non-hydrogen) atoms. The van der Waals surface area contributed by atoms with Crippen LogP contribution in [0.3, 0.4) is 0 Å². The van der Waals surface area contributed by atoms with Gasteiger partial charge in [-0.2, -0.15) is 0 Å². The van der Waals surface area contributed by atoms with Crippen LogP contribution < -0.4 is 4.74 Å². The summed E-state index contributed by atoms with van der Waals surface area (Å²) >= 11 is 3.37. The molecule has 0 aromatic carbocycles. The van der Waals surface area contributed by atoms with E-state index in [2.05, 4.69) is 27.8 Å². The molecule has 0 aliphatic heterocycles. The van der Waals surface area contributed by atoms with E-state index in [1.165, 1.54) is 19.3 Å². The van der Waals surface area contributed by atoms with Crippen molar-refractivity contribution in [2.24, 2.45) is 5.41 Å². The standard InChI is InChI=1S/C11H14BrNO/c1-11(5-3-6-11)8-14-9-4-2-7-13-10(9)12/h2,4,7H,3,5-6,8H2,1H3. The number of ether oxygens (including phenoxy) is 1. The summed E-state index contributed by atoms with van der Waals surface area (Å²) in [5.41, 5.74) is 0.398. The molecule has 1 aliphatic carbocycles. The molecule has 0 saturated heterocycles. The molecular formula is C11H14BrNO. The van der Waals surface area contributed by atoms with Crippen LogP contribution in [0.5, 0.6) is 5.75 Å². The quantitative estimate of drug-likeness (QED) is 0.773. The van der Waals surface area contributed by atoms with Crippen LogP contribution in [-0.2, 0) is 0 Å². The summed E-state index contributed by atoms with van der Waals surface area (Å²) in [6.45, 7) is 3.08. The smallest absolute Gasteiger partial charge is 0.152 e. The van der Waals surface area contributed by atoms with Crippen molar-refractivity contribution in [3.05, 3.63) is 22.9 Å². The Morgan fingerprint density at radius 3 is 2.93 bits per heavy atom. The first-order valence-electron chi connectivity index (χ1n) is 4.93. The van der Waals surface area contributed by atoms with Gasteiger partial charge in [0.05, 0.1) is 6.61 Å². The number of hydrogen-bond acceptors (Lipinski definition) is 2. The Kier molecular flexibility index (Phi) is 2.77. The fourth-order valence-electron chi connectivity index (χ4n) is 1.66. The predicted octanol–water partition coefficient (Wildman–Crippen LogP) is 3.41. The average molecular weight is 256 g/mol. The van der Waals surface area contributed by atoms with Crippen LogP contribution >= 0.6 is 15.9 Å². The Bertz CT molecular complexity index is 323. The number of aromatic nitrogens is 1. The zero-order chi connectivity index (χ0) is 10.0. The topological polar surface area (TPSA) is 22.1 Å². The van der Waals surface area contributed by atoms with E-state index in [4.69, 9.17) is 4.74 Å². The lowest BCUT2D eigenvalue weighted by Crippen LogP contribution is -2.32. The minimum absolute atomic E-state index is 0.398. The fourth-order valence-corrected chi connectivity index (χ4v) is 2.02. The first kappa shape index (κ1) is 9.97. The number of rotatable bonds is 3. The van der Waals surface area contributed by atoms with Crippen LogP contribution in [-0.4, -0.2) is 11.6 Å². The second-order valence-electron chi connectivity index (χ2n) is 4.25. The second-order valence-corrected chi connectivity index (χ2v) is 5.00. The van der Waals surface area contributed by atoms with E-state index in [-0.39, 0.29) is 0 Å². The molecule has 1 fully saturated rings. The highest BCUT2D eigenvalue weighted by Crippen LogP contribution is 2.40. The van der Waals surface area contributed by atoms with Gasteiger partial charge in [0, 0.05) is 11.6 Å². The van der Waals surface area contributed by atoms with Gasteiger partial charge in [-0.3, -0.25) is 0 Å². The van der Waals surface area contributed by atoms with Crippen LogP contribution in [0.15, 0.2) is 22.9 Å². The summed E-state index contributed by atoms with van der Waals surface area (Å²) in [5, 5.41) is 0. The van der Waals surface area contributed by atoms with Crippen LogP contribution in [0.2, 0.25) is 0 Å². The maximum absolute atomic E-state index is 5.73. The fraction of sp³-hybridized carbons (Fsp3) is 0.545. The van der Waals surface area contributed by atoms with E-state index < -0.39 is 0 Å². The van der Waals surface area contributed by atoms with Gasteiger partial charge in [0.25, 0.3) is 0 Å². The summed E-state index contributed by atoms with van der Waals surface area (Å²) in [7, 11) is 0. The minimum Gasteiger partial charge on any atom is -0.490 e. The van der Waals surface area contributed by atoms with E-state index in [9.17, 15) is 0 Å². The lowest BCUT2D eigenvalue weighted by atomic mass is 9.71. The molecule has 0 amide bonds. The molecule has 0 unspecified atom stereocenters. The summed E-state index contributed by atoms with van der Waals surface area (Å²) in [6, 6.07) is 3.84. The minimum atomic E-state index is 0.398. The van der Waals surface area contributed by atoms with Crippen molar-refractivity contribution in [2.75, 3.05) is 6.61 Å². The Morgan fingerprint density at radius 1 is 1.57 bits per heavy atom. The second kappa shape index (κ2) is 3.89. The van der Waals surface area contributed by atoms with Crippen LogP contribution in [0, 0.1) is 5.41 Å². The molecule has 0 spiro atoms. The molecule has 0 bridgehead atoms. The number of halogens is 1. The van der Waals surface area contributed by atoms with E-state index in [1.54, 1.807) is 6.20 Å². The Balaban J connectivity index is 1.95. The van der Waals surface area contributed by atoms with Crippen molar-refractivity contribution in [3.63, 3.8) is 0 Å². The SMILES string of the molecule is CC1(COc2cccnc2Br)CCC1. The molecule has 1 aromatic rings. The molecule has 0 atom stereocenters. The third-order valence-corrected chi connectivity index (χ3v) is 3.46. The Hall–Kier alpha value is -0.570. The molecule has 2 nitrogen and oxygen atoms in total. The van der Waals surface area contributed by atoms with E-state index in [0.29, 0.717) is 5.41 Å². The summed E-state index contributed by atoms with van der Waals surface area (Å²) in [5.74, 6) is 0.848. The van der Waals surface area contributed by atoms with Crippen molar-refractivity contribution in [1.82, 2.24) is 4.98 Å². The van der Waals surface area contributed by atoms with Gasteiger partial charge in [-0.1, -0.05) is 13.3 Å². The first-order chi connectivity index (χ1) is 6.70. The van der Waals surface area contributed by atoms with Gasteiger partial charge in [0.2, 0.25) is 0 Å². The van der Waals surface area contributed by atoms with Crippen LogP contribution in [0.25, 0.3) is 0 Å². The average Bonchev–Trinajstić information content (AvgIpc) is 2.14. The van der Waals surface area contributed by atoms with Crippen molar-refractivity contribution >= 4 is 15.9 Å². The van der Waals surface area contributed by atoms with Crippen molar-refractivity contribution < 1.29 is 4.74 Å². The van der Waals surface area contributed by atoms with Gasteiger partial charge >= 0.3 is 0 Å².